The van der Waals surface area contributed by atoms with Gasteiger partial charge in [-0.3, -0.25) is 4.79 Å². The molecule has 0 radical (unpaired) electrons. The van der Waals surface area contributed by atoms with Gasteiger partial charge in [0, 0.05) is 36.3 Å². The summed E-state index contributed by atoms with van der Waals surface area (Å²) in [6.45, 7) is 3.79. The number of carboxylic acid groups (broad SMARTS) is 1. The number of thiazole rings is 1. The molecule has 0 aliphatic rings. The summed E-state index contributed by atoms with van der Waals surface area (Å²) >= 11 is 2.61. The van der Waals surface area contributed by atoms with Crippen molar-refractivity contribution in [3.8, 4) is 16.9 Å². The highest BCUT2D eigenvalue weighted by molar-refractivity contribution is 8.02. The molecule has 1 aromatic carbocycles. The highest BCUT2D eigenvalue weighted by Gasteiger charge is 2.31. The number of alkyl halides is 3. The van der Waals surface area contributed by atoms with Gasteiger partial charge < -0.3 is 15.2 Å². The topological polar surface area (TPSA) is 97.2 Å². The number of hydrogen-bond acceptors (Lipinski definition) is 8. The van der Waals surface area contributed by atoms with Crippen molar-refractivity contribution in [1.82, 2.24) is 15.0 Å². The van der Waals surface area contributed by atoms with Gasteiger partial charge in [-0.1, -0.05) is 23.9 Å². The fourth-order valence-corrected chi connectivity index (χ4v) is 4.66. The van der Waals surface area contributed by atoms with Crippen LogP contribution in [0.2, 0.25) is 0 Å². The maximum absolute atomic E-state index is 12.2. The Bertz CT molecular complexity index is 1060. The molecule has 0 unspecified atom stereocenters. The monoisotopic (exact) mass is 484 g/mol. The van der Waals surface area contributed by atoms with E-state index in [0.29, 0.717) is 34.4 Å². The minimum Gasteiger partial charge on any atom is -0.480 e. The zero-order valence-electron chi connectivity index (χ0n) is 17.0. The number of hydrogen-bond donors (Lipinski definition) is 2. The quantitative estimate of drug-likeness (QED) is 0.405. The Kier molecular flexibility index (Phi) is 7.24. The van der Waals surface area contributed by atoms with Crippen molar-refractivity contribution in [2.45, 2.75) is 35.7 Å². The van der Waals surface area contributed by atoms with Crippen LogP contribution in [0.3, 0.4) is 0 Å². The van der Waals surface area contributed by atoms with Gasteiger partial charge in [-0.2, -0.15) is 0 Å². The number of benzene rings is 1. The molecule has 0 saturated carbocycles. The number of carbonyl (C=O) groups is 1. The molecule has 0 fully saturated rings. The summed E-state index contributed by atoms with van der Waals surface area (Å²) < 4.78 is 40.3. The Morgan fingerprint density at radius 2 is 1.81 bits per heavy atom. The van der Waals surface area contributed by atoms with Crippen LogP contribution in [0.15, 0.2) is 46.4 Å². The number of rotatable bonds is 9. The Hall–Kier alpha value is -2.86. The van der Waals surface area contributed by atoms with Gasteiger partial charge in [-0.15, -0.1) is 24.5 Å². The molecule has 2 aromatic heterocycles. The van der Waals surface area contributed by atoms with Crippen LogP contribution in [0, 0.1) is 0 Å². The van der Waals surface area contributed by atoms with Gasteiger partial charge >= 0.3 is 12.3 Å². The lowest BCUT2D eigenvalue weighted by Gasteiger charge is -2.15. The summed E-state index contributed by atoms with van der Waals surface area (Å²) in [5.74, 6) is -0.787. The molecule has 0 spiro atoms. The Balaban J connectivity index is 1.51. The first-order valence-corrected chi connectivity index (χ1v) is 11.0. The van der Waals surface area contributed by atoms with Gasteiger partial charge in [-0.05, 0) is 31.5 Å². The SMILES string of the molecule is CC(C)(Sc1nc(CCNc2ncc(-c3ccc(OC(F)(F)F)cc3)cn2)cs1)C(=O)O. The largest absolute Gasteiger partial charge is 0.573 e. The van der Waals surface area contributed by atoms with E-state index in [1.54, 1.807) is 26.2 Å². The van der Waals surface area contributed by atoms with Crippen LogP contribution in [0.25, 0.3) is 11.1 Å². The first kappa shape index (κ1) is 23.8. The number of nitrogens with one attached hydrogen (secondary N) is 1. The minimum atomic E-state index is -4.73. The molecule has 12 heteroatoms. The molecule has 0 saturated heterocycles. The van der Waals surface area contributed by atoms with Gasteiger partial charge in [-0.25, -0.2) is 15.0 Å². The van der Waals surface area contributed by atoms with E-state index in [1.165, 1.54) is 47.4 Å². The van der Waals surface area contributed by atoms with Crippen molar-refractivity contribution in [3.05, 3.63) is 47.7 Å². The average Bonchev–Trinajstić information content (AvgIpc) is 3.14. The summed E-state index contributed by atoms with van der Waals surface area (Å²) in [4.78, 5) is 24.1. The number of aromatic nitrogens is 3. The molecule has 0 aliphatic heterocycles. The first-order chi connectivity index (χ1) is 15.0. The highest BCUT2D eigenvalue weighted by Crippen LogP contribution is 2.34. The lowest BCUT2D eigenvalue weighted by atomic mass is 10.1. The number of ether oxygens (including phenoxy) is 1. The third kappa shape index (κ3) is 6.82. The van der Waals surface area contributed by atoms with Crippen LogP contribution in [0.1, 0.15) is 19.5 Å². The van der Waals surface area contributed by atoms with E-state index in [2.05, 4.69) is 25.0 Å². The molecule has 7 nitrogen and oxygen atoms in total. The average molecular weight is 485 g/mol. The summed E-state index contributed by atoms with van der Waals surface area (Å²) in [5.41, 5.74) is 2.14. The summed E-state index contributed by atoms with van der Waals surface area (Å²) in [6.07, 6.45) is -0.983. The maximum atomic E-state index is 12.2. The zero-order chi connectivity index (χ0) is 23.4. The fraction of sp³-hybridized carbons (Fsp3) is 0.300. The molecular weight excluding hydrogens is 465 g/mol. The molecule has 32 heavy (non-hydrogen) atoms. The Labute approximate surface area is 190 Å². The second-order valence-corrected chi connectivity index (χ2v) is 9.79. The molecule has 3 rings (SSSR count). The maximum Gasteiger partial charge on any atom is 0.573 e. The van der Waals surface area contributed by atoms with E-state index in [-0.39, 0.29) is 5.75 Å². The van der Waals surface area contributed by atoms with Crippen molar-refractivity contribution in [2.24, 2.45) is 0 Å². The van der Waals surface area contributed by atoms with E-state index in [0.717, 1.165) is 5.69 Å². The van der Waals surface area contributed by atoms with Crippen molar-refractivity contribution < 1.29 is 27.8 Å². The number of halogens is 3. The minimum absolute atomic E-state index is 0.296. The van der Waals surface area contributed by atoms with Crippen LogP contribution in [0.5, 0.6) is 5.75 Å². The second kappa shape index (κ2) is 9.74. The van der Waals surface area contributed by atoms with E-state index in [4.69, 9.17) is 0 Å². The van der Waals surface area contributed by atoms with Crippen molar-refractivity contribution >= 4 is 35.0 Å². The number of nitrogens with zero attached hydrogens (tertiary/aromatic N) is 3. The molecule has 0 bridgehead atoms. The van der Waals surface area contributed by atoms with Crippen molar-refractivity contribution in [2.75, 3.05) is 11.9 Å². The molecule has 2 N–H and O–H groups in total. The lowest BCUT2D eigenvalue weighted by molar-refractivity contribution is -0.274. The van der Waals surface area contributed by atoms with Crippen LogP contribution in [-0.2, 0) is 11.2 Å². The molecule has 0 atom stereocenters. The Morgan fingerprint density at radius 1 is 1.16 bits per heavy atom. The normalized spacial score (nSPS) is 11.9. The highest BCUT2D eigenvalue weighted by atomic mass is 32.2. The molecule has 0 amide bonds. The predicted octanol–water partition coefficient (Wildman–Crippen LogP) is 5.11. The van der Waals surface area contributed by atoms with Crippen LogP contribution in [-0.4, -0.2) is 43.7 Å². The summed E-state index contributed by atoms with van der Waals surface area (Å²) in [5, 5.41) is 14.2. The fourth-order valence-electron chi connectivity index (χ4n) is 2.43. The van der Waals surface area contributed by atoms with Gasteiger partial charge in [0.25, 0.3) is 0 Å². The van der Waals surface area contributed by atoms with Crippen LogP contribution < -0.4 is 10.1 Å². The van der Waals surface area contributed by atoms with E-state index in [1.807, 2.05) is 5.38 Å². The predicted molar refractivity (Wildman–Crippen MR) is 116 cm³/mol. The summed E-state index contributed by atoms with van der Waals surface area (Å²) in [6, 6.07) is 5.45. The second-order valence-electron chi connectivity index (χ2n) is 7.07. The standard InChI is InChI=1S/C20H19F3N4O3S2/c1-19(2,16(28)29)32-18-27-14(11-31-18)7-8-24-17-25-9-13(10-26-17)12-3-5-15(6-4-12)30-20(21,22)23/h3-6,9-11H,7-8H2,1-2H3,(H,28,29)(H,24,25,26). The molecule has 2 heterocycles. The molecule has 170 valence electrons. The lowest BCUT2D eigenvalue weighted by Crippen LogP contribution is -2.26. The smallest absolute Gasteiger partial charge is 0.480 e. The Morgan fingerprint density at radius 3 is 2.41 bits per heavy atom. The zero-order valence-corrected chi connectivity index (χ0v) is 18.6. The van der Waals surface area contributed by atoms with Gasteiger partial charge in [0.05, 0.1) is 5.69 Å². The van der Waals surface area contributed by atoms with E-state index < -0.39 is 17.1 Å². The van der Waals surface area contributed by atoms with Crippen molar-refractivity contribution in [3.63, 3.8) is 0 Å². The molecule has 0 aliphatic carbocycles. The van der Waals surface area contributed by atoms with E-state index in [9.17, 15) is 23.1 Å². The van der Waals surface area contributed by atoms with Crippen molar-refractivity contribution in [1.29, 1.82) is 0 Å². The third-order valence-corrected chi connectivity index (χ3v) is 6.30. The van der Waals surface area contributed by atoms with Crippen LogP contribution in [0.4, 0.5) is 19.1 Å². The number of anilines is 1. The van der Waals surface area contributed by atoms with Gasteiger partial charge in [0.2, 0.25) is 5.95 Å². The van der Waals surface area contributed by atoms with Crippen LogP contribution >= 0.6 is 23.1 Å². The van der Waals surface area contributed by atoms with Gasteiger partial charge in [0.15, 0.2) is 4.34 Å². The third-order valence-electron chi connectivity index (χ3n) is 4.13. The molecular formula is C20H19F3N4O3S2. The number of thioether (sulfide) groups is 1. The summed E-state index contributed by atoms with van der Waals surface area (Å²) in [7, 11) is 0. The molecule has 3 aromatic rings. The van der Waals surface area contributed by atoms with Gasteiger partial charge in [0.1, 0.15) is 10.5 Å². The number of aliphatic carboxylic acids is 1. The number of carboxylic acids is 1. The first-order valence-electron chi connectivity index (χ1n) is 9.31. The van der Waals surface area contributed by atoms with E-state index >= 15 is 0 Å².